The summed E-state index contributed by atoms with van der Waals surface area (Å²) < 4.78 is 5.05. The summed E-state index contributed by atoms with van der Waals surface area (Å²) in [5, 5.41) is 9.09. The molecule has 1 atom stereocenters. The van der Waals surface area contributed by atoms with Crippen molar-refractivity contribution in [3.63, 3.8) is 0 Å². The van der Waals surface area contributed by atoms with Gasteiger partial charge in [-0.1, -0.05) is 13.3 Å². The maximum Gasteiger partial charge on any atom is 0.0640 e. The Morgan fingerprint density at radius 2 is 2.23 bits per heavy atom. The molecule has 3 nitrogen and oxygen atoms in total. The summed E-state index contributed by atoms with van der Waals surface area (Å²) in [7, 11) is 1.69. The van der Waals surface area contributed by atoms with E-state index in [2.05, 4.69) is 11.8 Å². The number of nitrogens with zero attached hydrogens (tertiary/aromatic N) is 1. The van der Waals surface area contributed by atoms with Gasteiger partial charge in [0.15, 0.2) is 0 Å². The molecule has 78 valence electrons. The molecule has 0 aromatic heterocycles. The van der Waals surface area contributed by atoms with Gasteiger partial charge in [-0.25, -0.2) is 0 Å². The molecule has 0 amide bonds. The largest absolute Gasteiger partial charge is 0.395 e. The van der Waals surface area contributed by atoms with E-state index in [1.807, 2.05) is 0 Å². The second-order valence-electron chi connectivity index (χ2n) is 3.90. The van der Waals surface area contributed by atoms with E-state index in [0.29, 0.717) is 6.61 Å². The molecule has 1 heterocycles. The van der Waals surface area contributed by atoms with Crippen molar-refractivity contribution in [3.8, 4) is 0 Å². The topological polar surface area (TPSA) is 32.7 Å². The highest BCUT2D eigenvalue weighted by Gasteiger charge is 2.30. The number of likely N-dealkylation sites (tertiary alicyclic amines) is 1. The minimum atomic E-state index is 0.215. The number of ether oxygens (including phenoxy) is 1. The zero-order valence-corrected chi connectivity index (χ0v) is 8.70. The Kier molecular flexibility index (Phi) is 4.70. The van der Waals surface area contributed by atoms with Gasteiger partial charge in [-0.2, -0.15) is 0 Å². The van der Waals surface area contributed by atoms with Crippen LogP contribution >= 0.6 is 0 Å². The van der Waals surface area contributed by atoms with Gasteiger partial charge in [0, 0.05) is 20.2 Å². The van der Waals surface area contributed by atoms with Crippen LogP contribution in [0.4, 0.5) is 0 Å². The highest BCUT2D eigenvalue weighted by molar-refractivity contribution is 4.84. The maximum absolute atomic E-state index is 9.09. The normalized spacial score (nSPS) is 21.5. The van der Waals surface area contributed by atoms with Gasteiger partial charge < -0.3 is 9.84 Å². The third kappa shape index (κ3) is 2.93. The first-order valence-corrected chi connectivity index (χ1v) is 5.15. The molecule has 0 aliphatic carbocycles. The van der Waals surface area contributed by atoms with E-state index in [-0.39, 0.29) is 12.6 Å². The molecule has 0 spiro atoms. The van der Waals surface area contributed by atoms with Gasteiger partial charge in [-0.15, -0.1) is 0 Å². The number of methoxy groups -OCH3 is 1. The average Bonchev–Trinajstić information content (AvgIpc) is 2.07. The molecule has 1 rings (SSSR count). The molecular formula is C10H21NO2. The van der Waals surface area contributed by atoms with E-state index in [4.69, 9.17) is 9.84 Å². The summed E-state index contributed by atoms with van der Waals surface area (Å²) >= 11 is 0. The predicted molar refractivity (Wildman–Crippen MR) is 52.7 cm³/mol. The van der Waals surface area contributed by atoms with E-state index in [9.17, 15) is 0 Å². The van der Waals surface area contributed by atoms with E-state index < -0.39 is 0 Å². The molecular weight excluding hydrogens is 166 g/mol. The molecule has 0 aromatic rings. The van der Waals surface area contributed by atoms with Gasteiger partial charge >= 0.3 is 0 Å². The Morgan fingerprint density at radius 1 is 1.54 bits per heavy atom. The Labute approximate surface area is 80.7 Å². The summed E-state index contributed by atoms with van der Waals surface area (Å²) in [5.74, 6) is 0.857. The van der Waals surface area contributed by atoms with Crippen LogP contribution in [0.1, 0.15) is 19.8 Å². The van der Waals surface area contributed by atoms with E-state index in [0.717, 1.165) is 19.0 Å². The molecule has 13 heavy (non-hydrogen) atoms. The van der Waals surface area contributed by atoms with Crippen molar-refractivity contribution in [1.82, 2.24) is 4.90 Å². The first-order valence-electron chi connectivity index (χ1n) is 5.15. The van der Waals surface area contributed by atoms with Gasteiger partial charge in [-0.05, 0) is 12.3 Å². The molecule has 3 heteroatoms. The van der Waals surface area contributed by atoms with Crippen LogP contribution in [0.15, 0.2) is 0 Å². The zero-order chi connectivity index (χ0) is 9.68. The maximum atomic E-state index is 9.09. The smallest absolute Gasteiger partial charge is 0.0640 e. The SMILES string of the molecule is CCCC1CN(C(CO)COC)C1. The van der Waals surface area contributed by atoms with Crippen molar-refractivity contribution < 1.29 is 9.84 Å². The van der Waals surface area contributed by atoms with Gasteiger partial charge in [0.1, 0.15) is 0 Å². The summed E-state index contributed by atoms with van der Waals surface area (Å²) in [5.41, 5.74) is 0. The van der Waals surface area contributed by atoms with Crippen LogP contribution in [0.5, 0.6) is 0 Å². The summed E-state index contributed by atoms with van der Waals surface area (Å²) in [6.45, 7) is 5.37. The van der Waals surface area contributed by atoms with Crippen molar-refractivity contribution >= 4 is 0 Å². The van der Waals surface area contributed by atoms with E-state index >= 15 is 0 Å². The van der Waals surface area contributed by atoms with Crippen LogP contribution in [-0.4, -0.2) is 49.5 Å². The van der Waals surface area contributed by atoms with Crippen LogP contribution in [0.3, 0.4) is 0 Å². The summed E-state index contributed by atoms with van der Waals surface area (Å²) in [6.07, 6.45) is 2.59. The molecule has 1 fully saturated rings. The minimum absolute atomic E-state index is 0.215. The van der Waals surface area contributed by atoms with Crippen LogP contribution in [0, 0.1) is 5.92 Å². The fraction of sp³-hybridized carbons (Fsp3) is 1.00. The lowest BCUT2D eigenvalue weighted by molar-refractivity contribution is -0.0145. The lowest BCUT2D eigenvalue weighted by Gasteiger charge is -2.43. The van der Waals surface area contributed by atoms with Crippen LogP contribution < -0.4 is 0 Å². The molecule has 1 N–H and O–H groups in total. The Balaban J connectivity index is 2.16. The number of hydrogen-bond donors (Lipinski definition) is 1. The molecule has 0 bridgehead atoms. The molecule has 0 aromatic carbocycles. The van der Waals surface area contributed by atoms with E-state index in [1.54, 1.807) is 7.11 Å². The summed E-state index contributed by atoms with van der Waals surface area (Å²) in [6, 6.07) is 0.220. The number of hydrogen-bond acceptors (Lipinski definition) is 3. The highest BCUT2D eigenvalue weighted by atomic mass is 16.5. The number of aliphatic hydroxyl groups excluding tert-OH is 1. The number of rotatable bonds is 6. The third-order valence-electron chi connectivity index (χ3n) is 2.77. The molecule has 1 unspecified atom stereocenters. The molecule has 0 saturated carbocycles. The Hall–Kier alpha value is -0.120. The molecule has 1 saturated heterocycles. The quantitative estimate of drug-likeness (QED) is 0.665. The second-order valence-corrected chi connectivity index (χ2v) is 3.90. The van der Waals surface area contributed by atoms with Crippen molar-refractivity contribution in [2.45, 2.75) is 25.8 Å². The van der Waals surface area contributed by atoms with E-state index in [1.165, 1.54) is 12.8 Å². The third-order valence-corrected chi connectivity index (χ3v) is 2.77. The highest BCUT2D eigenvalue weighted by Crippen LogP contribution is 2.22. The monoisotopic (exact) mass is 187 g/mol. The van der Waals surface area contributed by atoms with Gasteiger partial charge in [0.25, 0.3) is 0 Å². The van der Waals surface area contributed by atoms with Crippen molar-refractivity contribution in [2.24, 2.45) is 5.92 Å². The molecule has 1 aliphatic heterocycles. The molecule has 0 radical (unpaired) electrons. The predicted octanol–water partition coefficient (Wildman–Crippen LogP) is 0.726. The first-order chi connectivity index (χ1) is 6.31. The fourth-order valence-electron chi connectivity index (χ4n) is 1.96. The summed E-state index contributed by atoms with van der Waals surface area (Å²) in [4.78, 5) is 2.31. The van der Waals surface area contributed by atoms with Crippen LogP contribution in [0.25, 0.3) is 0 Å². The van der Waals surface area contributed by atoms with Crippen LogP contribution in [0.2, 0.25) is 0 Å². The van der Waals surface area contributed by atoms with Gasteiger partial charge in [-0.3, -0.25) is 4.90 Å². The Morgan fingerprint density at radius 3 is 2.69 bits per heavy atom. The Bertz CT molecular complexity index is 135. The van der Waals surface area contributed by atoms with Crippen LogP contribution in [-0.2, 0) is 4.74 Å². The average molecular weight is 187 g/mol. The fourth-order valence-corrected chi connectivity index (χ4v) is 1.96. The lowest BCUT2D eigenvalue weighted by atomic mass is 9.93. The standard InChI is InChI=1S/C10H21NO2/c1-3-4-9-5-11(6-9)10(7-12)8-13-2/h9-10,12H,3-8H2,1-2H3. The minimum Gasteiger partial charge on any atom is -0.395 e. The molecule has 1 aliphatic rings. The van der Waals surface area contributed by atoms with Gasteiger partial charge in [0.05, 0.1) is 19.3 Å². The first kappa shape index (κ1) is 11.0. The zero-order valence-electron chi connectivity index (χ0n) is 8.70. The van der Waals surface area contributed by atoms with Crippen molar-refractivity contribution in [2.75, 3.05) is 33.4 Å². The van der Waals surface area contributed by atoms with Crippen molar-refractivity contribution in [1.29, 1.82) is 0 Å². The lowest BCUT2D eigenvalue weighted by Crippen LogP contribution is -2.54. The van der Waals surface area contributed by atoms with Crippen molar-refractivity contribution in [3.05, 3.63) is 0 Å². The second kappa shape index (κ2) is 5.58. The number of aliphatic hydroxyl groups is 1. The van der Waals surface area contributed by atoms with Gasteiger partial charge in [0.2, 0.25) is 0 Å².